The summed E-state index contributed by atoms with van der Waals surface area (Å²) in [6, 6.07) is 5.89. The van der Waals surface area contributed by atoms with Gasteiger partial charge in [0.15, 0.2) is 6.20 Å². The van der Waals surface area contributed by atoms with Crippen LogP contribution in [-0.4, -0.2) is 31.2 Å². The average Bonchev–Trinajstić information content (AvgIpc) is 2.40. The average molecular weight is 230 g/mol. The van der Waals surface area contributed by atoms with Crippen LogP contribution < -0.4 is 14.9 Å². The Morgan fingerprint density at radius 1 is 1.29 bits per heavy atom. The number of fused-ring (bicyclic) bond motifs is 1. The van der Waals surface area contributed by atoms with E-state index in [1.54, 1.807) is 6.20 Å². The fourth-order valence-electron chi connectivity index (χ4n) is 2.20. The molecule has 3 rings (SSSR count). The molecule has 1 saturated heterocycles. The van der Waals surface area contributed by atoms with Gasteiger partial charge in [-0.3, -0.25) is 0 Å². The molecule has 0 spiro atoms. The number of nitrogens with one attached hydrogen (secondary N) is 1. The molecule has 5 heteroatoms. The van der Waals surface area contributed by atoms with E-state index in [0.717, 1.165) is 42.0 Å². The predicted octanol–water partition coefficient (Wildman–Crippen LogP) is 0.278. The molecule has 0 atom stereocenters. The van der Waals surface area contributed by atoms with Crippen molar-refractivity contribution in [2.75, 3.05) is 31.1 Å². The normalized spacial score (nSPS) is 16.4. The lowest BCUT2D eigenvalue weighted by Gasteiger charge is -2.29. The Kier molecular flexibility index (Phi) is 2.53. The van der Waals surface area contributed by atoms with E-state index in [2.05, 4.69) is 15.2 Å². The maximum atomic E-state index is 11.5. The van der Waals surface area contributed by atoms with Crippen molar-refractivity contribution in [1.29, 1.82) is 0 Å². The maximum Gasteiger partial charge on any atom is 0.289 e. The smallest absolute Gasteiger partial charge is 0.289 e. The van der Waals surface area contributed by atoms with Gasteiger partial charge in [0.25, 0.3) is 6.33 Å². The molecular formula is C12H14N4O. The largest absolute Gasteiger partial charge is 0.710 e. The van der Waals surface area contributed by atoms with Crippen LogP contribution in [0.25, 0.3) is 10.9 Å². The lowest BCUT2D eigenvalue weighted by molar-refractivity contribution is -0.580. The summed E-state index contributed by atoms with van der Waals surface area (Å²) in [7, 11) is 0. The molecule has 17 heavy (non-hydrogen) atoms. The fourth-order valence-corrected chi connectivity index (χ4v) is 2.20. The molecule has 5 nitrogen and oxygen atoms in total. The summed E-state index contributed by atoms with van der Waals surface area (Å²) in [5.74, 6) is 0. The van der Waals surface area contributed by atoms with E-state index < -0.39 is 0 Å². The zero-order chi connectivity index (χ0) is 11.7. The minimum atomic E-state index is 0.666. The summed E-state index contributed by atoms with van der Waals surface area (Å²) >= 11 is 0. The van der Waals surface area contributed by atoms with E-state index >= 15 is 0 Å². The SMILES string of the molecule is [O-][n+]1cncc2cc(N3CCNCC3)ccc21. The highest BCUT2D eigenvalue weighted by Gasteiger charge is 2.11. The van der Waals surface area contributed by atoms with Crippen LogP contribution in [0, 0.1) is 5.21 Å². The van der Waals surface area contributed by atoms with Crippen LogP contribution in [0.4, 0.5) is 5.69 Å². The van der Waals surface area contributed by atoms with Gasteiger partial charge in [0.2, 0.25) is 0 Å². The molecule has 1 aliphatic rings. The monoisotopic (exact) mass is 230 g/mol. The van der Waals surface area contributed by atoms with Gasteiger partial charge in [-0.05, 0) is 18.2 Å². The Hall–Kier alpha value is -1.88. The van der Waals surface area contributed by atoms with Gasteiger partial charge in [0.1, 0.15) is 5.52 Å². The zero-order valence-corrected chi connectivity index (χ0v) is 9.47. The molecule has 88 valence electrons. The minimum absolute atomic E-state index is 0.666. The molecule has 0 saturated carbocycles. The molecule has 1 fully saturated rings. The second-order valence-corrected chi connectivity index (χ2v) is 4.20. The third-order valence-electron chi connectivity index (χ3n) is 3.12. The third-order valence-corrected chi connectivity index (χ3v) is 3.12. The molecule has 1 aliphatic heterocycles. The van der Waals surface area contributed by atoms with E-state index in [0.29, 0.717) is 5.52 Å². The first-order chi connectivity index (χ1) is 8.34. The van der Waals surface area contributed by atoms with Crippen molar-refractivity contribution < 1.29 is 4.73 Å². The molecule has 1 N–H and O–H groups in total. The summed E-state index contributed by atoms with van der Waals surface area (Å²) in [6.07, 6.45) is 3.02. The highest BCUT2D eigenvalue weighted by molar-refractivity contribution is 5.79. The van der Waals surface area contributed by atoms with Gasteiger partial charge in [-0.25, -0.2) is 4.73 Å². The molecule has 0 radical (unpaired) electrons. The minimum Gasteiger partial charge on any atom is -0.710 e. The number of hydrogen-bond donors (Lipinski definition) is 1. The van der Waals surface area contributed by atoms with E-state index in [1.807, 2.05) is 18.2 Å². The molecule has 1 aromatic carbocycles. The zero-order valence-electron chi connectivity index (χ0n) is 9.47. The topological polar surface area (TPSA) is 55.1 Å². The quantitative estimate of drug-likeness (QED) is 0.564. The predicted molar refractivity (Wildman–Crippen MR) is 65.8 cm³/mol. The Morgan fingerprint density at radius 2 is 2.12 bits per heavy atom. The number of piperazine rings is 1. The van der Waals surface area contributed by atoms with Crippen LogP contribution in [0.2, 0.25) is 0 Å². The molecule has 1 aromatic heterocycles. The lowest BCUT2D eigenvalue weighted by atomic mass is 10.2. The van der Waals surface area contributed by atoms with Crippen LogP contribution in [0.3, 0.4) is 0 Å². The van der Waals surface area contributed by atoms with Crippen LogP contribution in [-0.2, 0) is 0 Å². The van der Waals surface area contributed by atoms with Crippen molar-refractivity contribution in [2.45, 2.75) is 0 Å². The molecule has 0 unspecified atom stereocenters. The molecule has 2 aromatic rings. The summed E-state index contributed by atoms with van der Waals surface area (Å²) in [5.41, 5.74) is 1.82. The number of anilines is 1. The van der Waals surface area contributed by atoms with Crippen molar-refractivity contribution in [2.24, 2.45) is 0 Å². The summed E-state index contributed by atoms with van der Waals surface area (Å²) in [6.45, 7) is 4.02. The van der Waals surface area contributed by atoms with Gasteiger partial charge >= 0.3 is 0 Å². The Balaban J connectivity index is 2.01. The number of rotatable bonds is 1. The summed E-state index contributed by atoms with van der Waals surface area (Å²) < 4.78 is 0.802. The van der Waals surface area contributed by atoms with Crippen molar-refractivity contribution in [3.63, 3.8) is 0 Å². The highest BCUT2D eigenvalue weighted by atomic mass is 16.5. The molecule has 2 heterocycles. The Labute approximate surface area is 99.3 Å². The highest BCUT2D eigenvalue weighted by Crippen LogP contribution is 2.19. The van der Waals surface area contributed by atoms with Crippen LogP contribution in [0.5, 0.6) is 0 Å². The maximum absolute atomic E-state index is 11.5. The number of nitrogens with zero attached hydrogens (tertiary/aromatic N) is 3. The van der Waals surface area contributed by atoms with Crippen LogP contribution in [0.15, 0.2) is 30.7 Å². The molecular weight excluding hydrogens is 216 g/mol. The first kappa shape index (κ1) is 10.3. The van der Waals surface area contributed by atoms with Gasteiger partial charge in [-0.15, -0.1) is 0 Å². The van der Waals surface area contributed by atoms with Gasteiger partial charge < -0.3 is 15.4 Å². The van der Waals surface area contributed by atoms with Crippen LogP contribution >= 0.6 is 0 Å². The second-order valence-electron chi connectivity index (χ2n) is 4.20. The van der Waals surface area contributed by atoms with Crippen molar-refractivity contribution in [1.82, 2.24) is 10.3 Å². The van der Waals surface area contributed by atoms with Gasteiger partial charge in [-0.1, -0.05) is 4.98 Å². The van der Waals surface area contributed by atoms with Crippen molar-refractivity contribution >= 4 is 16.6 Å². The van der Waals surface area contributed by atoms with Crippen LogP contribution in [0.1, 0.15) is 0 Å². The summed E-state index contributed by atoms with van der Waals surface area (Å²) in [5, 5.41) is 15.7. The number of hydrogen-bond acceptors (Lipinski definition) is 4. The van der Waals surface area contributed by atoms with E-state index in [4.69, 9.17) is 0 Å². The van der Waals surface area contributed by atoms with E-state index in [-0.39, 0.29) is 0 Å². The fraction of sp³-hybridized carbons (Fsp3) is 0.333. The Morgan fingerprint density at radius 3 is 2.94 bits per heavy atom. The number of benzene rings is 1. The second kappa shape index (κ2) is 4.18. The molecule has 0 aliphatic carbocycles. The molecule has 0 amide bonds. The summed E-state index contributed by atoms with van der Waals surface area (Å²) in [4.78, 5) is 6.24. The Bertz CT molecular complexity index is 537. The third kappa shape index (κ3) is 1.89. The van der Waals surface area contributed by atoms with E-state index in [1.165, 1.54) is 6.33 Å². The van der Waals surface area contributed by atoms with Crippen molar-refractivity contribution in [3.8, 4) is 0 Å². The van der Waals surface area contributed by atoms with Gasteiger partial charge in [0, 0.05) is 31.9 Å². The number of aromatic nitrogens is 2. The van der Waals surface area contributed by atoms with Gasteiger partial charge in [-0.2, -0.15) is 0 Å². The first-order valence-corrected chi connectivity index (χ1v) is 5.77. The lowest BCUT2D eigenvalue weighted by Crippen LogP contribution is -2.43. The van der Waals surface area contributed by atoms with Crippen molar-refractivity contribution in [3.05, 3.63) is 35.9 Å². The standard InChI is InChI=1S/C12H14N4O/c17-16-9-14-8-10-7-11(1-2-12(10)16)15-5-3-13-4-6-15/h1-2,7-9,13H,3-6H2. The van der Waals surface area contributed by atoms with E-state index in [9.17, 15) is 5.21 Å². The van der Waals surface area contributed by atoms with Gasteiger partial charge in [0.05, 0.1) is 5.39 Å². The molecule has 0 bridgehead atoms. The first-order valence-electron chi connectivity index (χ1n) is 5.77.